The first kappa shape index (κ1) is 18.0. The van der Waals surface area contributed by atoms with Crippen molar-refractivity contribution in [3.05, 3.63) is 69.8 Å². The number of hydrogen-bond acceptors (Lipinski definition) is 6. The average Bonchev–Trinajstić information content (AvgIpc) is 2.68. The van der Waals surface area contributed by atoms with Gasteiger partial charge < -0.3 is 14.7 Å². The van der Waals surface area contributed by atoms with Crippen molar-refractivity contribution in [1.82, 2.24) is 0 Å². The maximum absolute atomic E-state index is 12.6. The predicted molar refractivity (Wildman–Crippen MR) is 96.6 cm³/mol. The smallest absolute Gasteiger partial charge is 0.293 e. The fraction of sp³-hybridized carbons (Fsp3) is 0.316. The van der Waals surface area contributed by atoms with Gasteiger partial charge in [0.1, 0.15) is 5.69 Å². The fourth-order valence-electron chi connectivity index (χ4n) is 3.07. The monoisotopic (exact) mass is 356 g/mol. The van der Waals surface area contributed by atoms with Crippen molar-refractivity contribution < 1.29 is 19.6 Å². The van der Waals surface area contributed by atoms with E-state index in [1.807, 2.05) is 11.8 Å². The molecule has 2 atom stereocenters. The van der Waals surface area contributed by atoms with E-state index in [4.69, 9.17) is 4.74 Å². The number of nitro groups is 1. The Morgan fingerprint density at radius 1 is 1.27 bits per heavy atom. The van der Waals surface area contributed by atoms with Crippen molar-refractivity contribution in [3.8, 4) is 0 Å². The largest absolute Gasteiger partial charge is 0.394 e. The van der Waals surface area contributed by atoms with Crippen LogP contribution < -0.4 is 4.90 Å². The first-order valence-corrected chi connectivity index (χ1v) is 8.38. The molecule has 1 N–H and O–H groups in total. The van der Waals surface area contributed by atoms with Crippen LogP contribution >= 0.6 is 0 Å². The van der Waals surface area contributed by atoms with E-state index in [9.17, 15) is 20.0 Å². The Bertz CT molecular complexity index is 809. The van der Waals surface area contributed by atoms with Gasteiger partial charge in [0.15, 0.2) is 5.78 Å². The molecule has 1 fully saturated rings. The van der Waals surface area contributed by atoms with Gasteiger partial charge in [-0.25, -0.2) is 0 Å². The minimum Gasteiger partial charge on any atom is -0.394 e. The van der Waals surface area contributed by atoms with Crippen molar-refractivity contribution in [3.63, 3.8) is 0 Å². The molecule has 2 aromatic rings. The summed E-state index contributed by atoms with van der Waals surface area (Å²) in [7, 11) is 0. The summed E-state index contributed by atoms with van der Waals surface area (Å²) in [5.41, 5.74) is 1.05. The second-order valence-corrected chi connectivity index (χ2v) is 6.30. The van der Waals surface area contributed by atoms with Gasteiger partial charge in [0.25, 0.3) is 5.69 Å². The average molecular weight is 356 g/mol. The van der Waals surface area contributed by atoms with Crippen LogP contribution in [0.3, 0.4) is 0 Å². The highest BCUT2D eigenvalue weighted by molar-refractivity contribution is 6.09. The summed E-state index contributed by atoms with van der Waals surface area (Å²) >= 11 is 0. The van der Waals surface area contributed by atoms with Crippen LogP contribution in [0.15, 0.2) is 48.5 Å². The molecule has 0 radical (unpaired) electrons. The van der Waals surface area contributed by atoms with Gasteiger partial charge in [-0.05, 0) is 19.1 Å². The number of aliphatic hydroxyl groups excluding tert-OH is 1. The van der Waals surface area contributed by atoms with E-state index in [0.29, 0.717) is 24.4 Å². The van der Waals surface area contributed by atoms with Crippen LogP contribution in [-0.4, -0.2) is 47.7 Å². The molecule has 0 aliphatic carbocycles. The third-order valence-electron chi connectivity index (χ3n) is 4.49. The molecular weight excluding hydrogens is 336 g/mol. The van der Waals surface area contributed by atoms with E-state index < -0.39 is 11.0 Å². The quantitative estimate of drug-likeness (QED) is 0.502. The second-order valence-electron chi connectivity index (χ2n) is 6.30. The molecule has 3 rings (SSSR count). The number of morpholine rings is 1. The van der Waals surface area contributed by atoms with Crippen LogP contribution in [0, 0.1) is 10.1 Å². The number of ether oxygens (including phenoxy) is 1. The first-order valence-electron chi connectivity index (χ1n) is 8.38. The topological polar surface area (TPSA) is 92.9 Å². The molecule has 0 spiro atoms. The number of nitrogens with zero attached hydrogens (tertiary/aromatic N) is 2. The van der Waals surface area contributed by atoms with Crippen molar-refractivity contribution in [1.29, 1.82) is 0 Å². The molecule has 136 valence electrons. The van der Waals surface area contributed by atoms with Crippen LogP contribution in [0.4, 0.5) is 11.4 Å². The summed E-state index contributed by atoms with van der Waals surface area (Å²) in [4.78, 5) is 25.6. The zero-order valence-electron chi connectivity index (χ0n) is 14.4. The highest BCUT2D eigenvalue weighted by Gasteiger charge is 2.31. The Labute approximate surface area is 151 Å². The van der Waals surface area contributed by atoms with Gasteiger partial charge in [-0.15, -0.1) is 0 Å². The Kier molecular flexibility index (Phi) is 5.29. The first-order chi connectivity index (χ1) is 12.5. The van der Waals surface area contributed by atoms with Crippen LogP contribution in [0.2, 0.25) is 0 Å². The standard InChI is InChI=1S/C19H20N2O5/c1-13-12-26-16(11-22)10-20(13)17-8-7-15(9-18(17)21(24)25)19(23)14-5-3-2-4-6-14/h2-9,13,16,22H,10-12H2,1H3/t13-,16+/m1/s1. The van der Waals surface area contributed by atoms with E-state index in [0.717, 1.165) is 0 Å². The van der Waals surface area contributed by atoms with Crippen molar-refractivity contribution in [2.24, 2.45) is 0 Å². The summed E-state index contributed by atoms with van der Waals surface area (Å²) in [5, 5.41) is 21.0. The predicted octanol–water partition coefficient (Wildman–Crippen LogP) is 2.41. The number of rotatable bonds is 5. The number of ketones is 1. The van der Waals surface area contributed by atoms with E-state index in [-0.39, 0.29) is 29.7 Å². The lowest BCUT2D eigenvalue weighted by Gasteiger charge is -2.38. The Morgan fingerprint density at radius 3 is 2.65 bits per heavy atom. The van der Waals surface area contributed by atoms with Gasteiger partial charge in [0.05, 0.1) is 24.2 Å². The molecule has 1 saturated heterocycles. The normalized spacial score (nSPS) is 20.0. The lowest BCUT2D eigenvalue weighted by molar-refractivity contribution is -0.384. The maximum atomic E-state index is 12.6. The van der Waals surface area contributed by atoms with Gasteiger partial charge >= 0.3 is 0 Å². The summed E-state index contributed by atoms with van der Waals surface area (Å²) in [6.45, 7) is 2.47. The third kappa shape index (κ3) is 3.58. The number of aliphatic hydroxyl groups is 1. The third-order valence-corrected chi connectivity index (χ3v) is 4.49. The van der Waals surface area contributed by atoms with Gasteiger partial charge in [-0.2, -0.15) is 0 Å². The van der Waals surface area contributed by atoms with Crippen LogP contribution in [0.25, 0.3) is 0 Å². The molecule has 0 aromatic heterocycles. The van der Waals surface area contributed by atoms with Crippen molar-refractivity contribution in [2.45, 2.75) is 19.1 Å². The lowest BCUT2D eigenvalue weighted by Crippen LogP contribution is -2.49. The van der Waals surface area contributed by atoms with Crippen molar-refractivity contribution in [2.75, 3.05) is 24.7 Å². The van der Waals surface area contributed by atoms with Crippen LogP contribution in [-0.2, 0) is 4.74 Å². The number of benzene rings is 2. The minimum absolute atomic E-state index is 0.0767. The van der Waals surface area contributed by atoms with Crippen LogP contribution in [0.5, 0.6) is 0 Å². The molecule has 0 amide bonds. The molecule has 0 saturated carbocycles. The summed E-state index contributed by atoms with van der Waals surface area (Å²) in [6.07, 6.45) is -0.392. The van der Waals surface area contributed by atoms with E-state index in [1.165, 1.54) is 6.07 Å². The molecule has 7 heteroatoms. The molecule has 7 nitrogen and oxygen atoms in total. The Hall–Kier alpha value is -2.77. The van der Waals surface area contributed by atoms with Gasteiger partial charge in [0.2, 0.25) is 0 Å². The number of nitro benzene ring substituents is 1. The van der Waals surface area contributed by atoms with Gasteiger partial charge in [-0.3, -0.25) is 14.9 Å². The van der Waals surface area contributed by atoms with Gasteiger partial charge in [-0.1, -0.05) is 30.3 Å². The zero-order chi connectivity index (χ0) is 18.7. The number of carbonyl (C=O) groups excluding carboxylic acids is 1. The van der Waals surface area contributed by atoms with E-state index in [1.54, 1.807) is 42.5 Å². The summed E-state index contributed by atoms with van der Waals surface area (Å²) in [6, 6.07) is 13.1. The molecule has 1 aliphatic rings. The second kappa shape index (κ2) is 7.63. The van der Waals surface area contributed by atoms with E-state index >= 15 is 0 Å². The van der Waals surface area contributed by atoms with Crippen LogP contribution in [0.1, 0.15) is 22.8 Å². The number of hydrogen-bond donors (Lipinski definition) is 1. The fourth-order valence-corrected chi connectivity index (χ4v) is 3.07. The highest BCUT2D eigenvalue weighted by atomic mass is 16.6. The molecular formula is C19H20N2O5. The maximum Gasteiger partial charge on any atom is 0.293 e. The molecule has 26 heavy (non-hydrogen) atoms. The Morgan fingerprint density at radius 2 is 2.00 bits per heavy atom. The number of carbonyl (C=O) groups is 1. The molecule has 1 heterocycles. The SMILES string of the molecule is C[C@@H]1CO[C@H](CO)CN1c1ccc(C(=O)c2ccccc2)cc1[N+](=O)[O-]. The van der Waals surface area contributed by atoms with E-state index in [2.05, 4.69) is 0 Å². The van der Waals surface area contributed by atoms with Gasteiger partial charge in [0, 0.05) is 29.8 Å². The van der Waals surface area contributed by atoms with Crippen molar-refractivity contribution >= 4 is 17.2 Å². The minimum atomic E-state index is -0.479. The molecule has 1 aliphatic heterocycles. The molecule has 0 bridgehead atoms. The molecule has 0 unspecified atom stereocenters. The lowest BCUT2D eigenvalue weighted by atomic mass is 10.0. The summed E-state index contributed by atoms with van der Waals surface area (Å²) in [5.74, 6) is -0.261. The highest BCUT2D eigenvalue weighted by Crippen LogP contribution is 2.33. The summed E-state index contributed by atoms with van der Waals surface area (Å²) < 4.78 is 5.50. The molecule has 2 aromatic carbocycles. The zero-order valence-corrected chi connectivity index (χ0v) is 14.4. The Balaban J connectivity index is 1.97. The number of anilines is 1.